The van der Waals surface area contributed by atoms with Crippen molar-refractivity contribution < 1.29 is 14.3 Å². The largest absolute Gasteiger partial charge is 0.466 e. The van der Waals surface area contributed by atoms with Crippen LogP contribution in [0.4, 0.5) is 11.4 Å². The van der Waals surface area contributed by atoms with Gasteiger partial charge in [-0.1, -0.05) is 49.7 Å². The molecule has 2 rings (SSSR count). The minimum Gasteiger partial charge on any atom is -0.466 e. The number of hydrogen-bond donors (Lipinski definition) is 0. The molecular formula is C22H27NO3. The number of hydrogen-bond acceptors (Lipinski definition) is 3. The monoisotopic (exact) mass is 353 g/mol. The number of carbonyl (C=O) groups excluding carboxylic acids is 2. The molecule has 2 aromatic rings. The molecule has 0 radical (unpaired) electrons. The third kappa shape index (κ3) is 6.36. The highest BCUT2D eigenvalue weighted by molar-refractivity contribution is 6.00. The molecule has 0 aliphatic heterocycles. The molecule has 0 spiro atoms. The predicted molar refractivity (Wildman–Crippen MR) is 104 cm³/mol. The van der Waals surface area contributed by atoms with Gasteiger partial charge in [0.2, 0.25) is 5.91 Å². The molecule has 0 heterocycles. The third-order valence-corrected chi connectivity index (χ3v) is 4.06. The van der Waals surface area contributed by atoms with Crippen molar-refractivity contribution in [3.63, 3.8) is 0 Å². The topological polar surface area (TPSA) is 46.6 Å². The van der Waals surface area contributed by atoms with E-state index in [4.69, 9.17) is 4.74 Å². The van der Waals surface area contributed by atoms with Crippen molar-refractivity contribution in [3.8, 4) is 0 Å². The van der Waals surface area contributed by atoms with Crippen LogP contribution in [0.25, 0.3) is 0 Å². The molecule has 0 bridgehead atoms. The first-order chi connectivity index (χ1) is 12.7. The molecule has 0 unspecified atom stereocenters. The molecule has 0 saturated carbocycles. The molecule has 0 aromatic heterocycles. The first-order valence-electron chi connectivity index (χ1n) is 9.31. The van der Waals surface area contributed by atoms with Gasteiger partial charge in [-0.2, -0.15) is 0 Å². The highest BCUT2D eigenvalue weighted by Gasteiger charge is 2.17. The summed E-state index contributed by atoms with van der Waals surface area (Å²) in [4.78, 5) is 26.2. The van der Waals surface area contributed by atoms with Crippen LogP contribution >= 0.6 is 0 Å². The minimum absolute atomic E-state index is 0.0294. The highest BCUT2D eigenvalue weighted by Crippen LogP contribution is 2.26. The quantitative estimate of drug-likeness (QED) is 0.433. The van der Waals surface area contributed by atoms with E-state index < -0.39 is 0 Å². The van der Waals surface area contributed by atoms with Crippen LogP contribution in [-0.4, -0.2) is 18.5 Å². The Labute approximate surface area is 155 Å². The smallest absolute Gasteiger partial charge is 0.305 e. The van der Waals surface area contributed by atoms with E-state index in [0.717, 1.165) is 24.2 Å². The zero-order valence-electron chi connectivity index (χ0n) is 15.4. The van der Waals surface area contributed by atoms with Crippen LogP contribution in [0.1, 0.15) is 45.4 Å². The number of amides is 1. The van der Waals surface area contributed by atoms with Crippen molar-refractivity contribution in [2.24, 2.45) is 0 Å². The Bertz CT molecular complexity index is 631. The minimum atomic E-state index is -0.172. The number of rotatable bonds is 10. The van der Waals surface area contributed by atoms with Gasteiger partial charge in [-0.05, 0) is 43.5 Å². The van der Waals surface area contributed by atoms with E-state index in [0.29, 0.717) is 32.3 Å². The summed E-state index contributed by atoms with van der Waals surface area (Å²) >= 11 is 0. The fraction of sp³-hybridized carbons (Fsp3) is 0.364. The summed E-state index contributed by atoms with van der Waals surface area (Å²) in [6.45, 7) is 2.55. The van der Waals surface area contributed by atoms with E-state index in [9.17, 15) is 9.59 Å². The molecule has 4 nitrogen and oxygen atoms in total. The number of carbonyl (C=O) groups is 2. The second-order valence-electron chi connectivity index (χ2n) is 6.18. The summed E-state index contributed by atoms with van der Waals surface area (Å²) in [5, 5.41) is 0. The Morgan fingerprint density at radius 1 is 0.808 bits per heavy atom. The van der Waals surface area contributed by atoms with E-state index in [2.05, 4.69) is 6.92 Å². The summed E-state index contributed by atoms with van der Waals surface area (Å²) in [6, 6.07) is 19.3. The summed E-state index contributed by atoms with van der Waals surface area (Å²) in [6.07, 6.45) is 4.00. The van der Waals surface area contributed by atoms with Gasteiger partial charge in [0.1, 0.15) is 0 Å². The Morgan fingerprint density at radius 2 is 1.35 bits per heavy atom. The Morgan fingerprint density at radius 3 is 1.88 bits per heavy atom. The molecule has 26 heavy (non-hydrogen) atoms. The maximum absolute atomic E-state index is 12.8. The molecule has 0 saturated heterocycles. The molecular weight excluding hydrogens is 326 g/mol. The Hall–Kier alpha value is -2.62. The number of benzene rings is 2. The summed E-state index contributed by atoms with van der Waals surface area (Å²) in [7, 11) is 0. The number of anilines is 2. The number of unbranched alkanes of at least 4 members (excludes halogenated alkanes) is 2. The molecule has 0 atom stereocenters. The van der Waals surface area contributed by atoms with E-state index in [-0.39, 0.29) is 11.9 Å². The van der Waals surface area contributed by atoms with Crippen molar-refractivity contribution in [1.82, 2.24) is 0 Å². The number of para-hydroxylation sites is 2. The van der Waals surface area contributed by atoms with Gasteiger partial charge >= 0.3 is 5.97 Å². The lowest BCUT2D eigenvalue weighted by Gasteiger charge is -2.23. The molecule has 0 aliphatic rings. The van der Waals surface area contributed by atoms with E-state index in [1.165, 1.54) is 0 Å². The number of ether oxygens (including phenoxy) is 1. The lowest BCUT2D eigenvalue weighted by molar-refractivity contribution is -0.144. The summed E-state index contributed by atoms with van der Waals surface area (Å²) in [5.74, 6) is -0.143. The fourth-order valence-corrected chi connectivity index (χ4v) is 2.65. The highest BCUT2D eigenvalue weighted by atomic mass is 16.5. The van der Waals surface area contributed by atoms with Crippen molar-refractivity contribution in [3.05, 3.63) is 60.7 Å². The maximum Gasteiger partial charge on any atom is 0.305 e. The molecule has 0 aliphatic carbocycles. The number of nitrogens with zero attached hydrogens (tertiary/aromatic N) is 1. The van der Waals surface area contributed by atoms with Crippen LogP contribution < -0.4 is 4.90 Å². The summed E-state index contributed by atoms with van der Waals surface area (Å²) in [5.41, 5.74) is 1.70. The van der Waals surface area contributed by atoms with Crippen LogP contribution in [0.5, 0.6) is 0 Å². The molecule has 0 N–H and O–H groups in total. The molecule has 0 fully saturated rings. The average Bonchev–Trinajstić information content (AvgIpc) is 2.67. The van der Waals surface area contributed by atoms with Crippen LogP contribution in [0.2, 0.25) is 0 Å². The molecule has 138 valence electrons. The normalized spacial score (nSPS) is 10.3. The zero-order chi connectivity index (χ0) is 18.6. The lowest BCUT2D eigenvalue weighted by atomic mass is 10.1. The van der Waals surface area contributed by atoms with Crippen molar-refractivity contribution in [2.45, 2.75) is 45.4 Å². The zero-order valence-corrected chi connectivity index (χ0v) is 15.4. The van der Waals surface area contributed by atoms with Gasteiger partial charge in [-0.15, -0.1) is 0 Å². The first-order valence-corrected chi connectivity index (χ1v) is 9.31. The van der Waals surface area contributed by atoms with E-state index in [1.807, 2.05) is 60.7 Å². The van der Waals surface area contributed by atoms with Crippen LogP contribution in [0, 0.1) is 0 Å². The lowest BCUT2D eigenvalue weighted by Crippen LogP contribution is -2.25. The Balaban J connectivity index is 1.89. The van der Waals surface area contributed by atoms with Gasteiger partial charge in [0, 0.05) is 24.2 Å². The van der Waals surface area contributed by atoms with Gasteiger partial charge in [0.15, 0.2) is 0 Å². The van der Waals surface area contributed by atoms with Gasteiger partial charge in [0.25, 0.3) is 0 Å². The average molecular weight is 353 g/mol. The molecule has 4 heteroatoms. The van der Waals surface area contributed by atoms with E-state index in [1.54, 1.807) is 4.90 Å². The second-order valence-corrected chi connectivity index (χ2v) is 6.18. The van der Waals surface area contributed by atoms with Crippen molar-refractivity contribution in [1.29, 1.82) is 0 Å². The third-order valence-electron chi connectivity index (χ3n) is 4.06. The predicted octanol–water partition coefficient (Wildman–Crippen LogP) is 5.26. The SMILES string of the molecule is CCCCOC(=O)CCCCC(=O)N(c1ccccc1)c1ccccc1. The molecule has 2 aromatic carbocycles. The van der Waals surface area contributed by atoms with Crippen molar-refractivity contribution >= 4 is 23.3 Å². The van der Waals surface area contributed by atoms with Crippen LogP contribution in [-0.2, 0) is 14.3 Å². The second kappa shape index (κ2) is 11.1. The fourth-order valence-electron chi connectivity index (χ4n) is 2.65. The molecule has 1 amide bonds. The maximum atomic E-state index is 12.8. The van der Waals surface area contributed by atoms with Crippen LogP contribution in [0.3, 0.4) is 0 Å². The Kier molecular flexibility index (Phi) is 8.40. The van der Waals surface area contributed by atoms with Gasteiger partial charge in [0.05, 0.1) is 6.61 Å². The standard InChI is InChI=1S/C22H27NO3/c1-2-3-18-26-22(25)17-11-10-16-21(24)23(19-12-6-4-7-13-19)20-14-8-5-9-15-20/h4-9,12-15H,2-3,10-11,16-18H2,1H3. The van der Waals surface area contributed by atoms with E-state index >= 15 is 0 Å². The summed E-state index contributed by atoms with van der Waals surface area (Å²) < 4.78 is 5.14. The van der Waals surface area contributed by atoms with Gasteiger partial charge in [-0.25, -0.2) is 0 Å². The van der Waals surface area contributed by atoms with Gasteiger partial charge in [-0.3, -0.25) is 14.5 Å². The van der Waals surface area contributed by atoms with Crippen molar-refractivity contribution in [2.75, 3.05) is 11.5 Å². The van der Waals surface area contributed by atoms with Crippen LogP contribution in [0.15, 0.2) is 60.7 Å². The first kappa shape index (κ1) is 19.7. The number of esters is 1. The van der Waals surface area contributed by atoms with Gasteiger partial charge < -0.3 is 4.74 Å².